The maximum atomic E-state index is 11.0. The summed E-state index contributed by atoms with van der Waals surface area (Å²) in [6.45, 7) is 0.401. The lowest BCUT2D eigenvalue weighted by atomic mass is 10.2. The summed E-state index contributed by atoms with van der Waals surface area (Å²) in [5, 5.41) is 2.45. The van der Waals surface area contributed by atoms with Crippen LogP contribution in [-0.4, -0.2) is 30.5 Å². The average Bonchev–Trinajstić information content (AvgIpc) is 2.29. The number of nitrogens with zero attached hydrogens (tertiary/aromatic N) is 1. The minimum Gasteiger partial charge on any atom is -0.462 e. The van der Waals surface area contributed by atoms with Crippen molar-refractivity contribution in [1.82, 2.24) is 10.3 Å². The summed E-state index contributed by atoms with van der Waals surface area (Å²) in [6.07, 6.45) is 4.01. The Hall–Kier alpha value is -1.91. The smallest absolute Gasteiger partial charge is 0.396 e. The van der Waals surface area contributed by atoms with Crippen LogP contribution in [0.2, 0.25) is 0 Å². The van der Waals surface area contributed by atoms with E-state index in [-0.39, 0.29) is 0 Å². The molecule has 5 heteroatoms. The first-order valence-electron chi connectivity index (χ1n) is 4.49. The number of rotatable bonds is 3. The summed E-state index contributed by atoms with van der Waals surface area (Å²) in [5.41, 5.74) is 1.05. The van der Waals surface area contributed by atoms with Gasteiger partial charge in [-0.2, -0.15) is 0 Å². The number of methoxy groups -OCH3 is 1. The Labute approximate surface area is 87.5 Å². The number of hydrogen-bond acceptors (Lipinski definition) is 4. The second-order valence-corrected chi connectivity index (χ2v) is 2.85. The molecule has 0 atom stereocenters. The van der Waals surface area contributed by atoms with E-state index in [1.165, 1.54) is 7.11 Å². The van der Waals surface area contributed by atoms with Gasteiger partial charge >= 0.3 is 11.9 Å². The molecular weight excluding hydrogens is 196 g/mol. The van der Waals surface area contributed by atoms with Gasteiger partial charge in [-0.25, -0.2) is 4.79 Å². The van der Waals surface area contributed by atoms with E-state index >= 15 is 0 Å². The van der Waals surface area contributed by atoms with Crippen LogP contribution in [0.4, 0.5) is 0 Å². The second-order valence-electron chi connectivity index (χ2n) is 2.85. The molecule has 0 saturated carbocycles. The molecule has 1 heterocycles. The van der Waals surface area contributed by atoms with Crippen molar-refractivity contribution in [2.45, 2.75) is 6.42 Å². The first-order valence-corrected chi connectivity index (χ1v) is 4.49. The molecule has 0 bridgehead atoms. The minimum absolute atomic E-state index is 0.401. The van der Waals surface area contributed by atoms with Crippen LogP contribution in [0.1, 0.15) is 5.56 Å². The van der Waals surface area contributed by atoms with Gasteiger partial charge in [0.1, 0.15) is 0 Å². The number of pyridine rings is 1. The molecule has 0 aromatic carbocycles. The largest absolute Gasteiger partial charge is 0.462 e. The molecule has 1 aromatic rings. The highest BCUT2D eigenvalue weighted by molar-refractivity contribution is 6.32. The molecule has 0 fully saturated rings. The Kier molecular flexibility index (Phi) is 4.28. The first-order chi connectivity index (χ1) is 7.24. The van der Waals surface area contributed by atoms with E-state index in [4.69, 9.17) is 0 Å². The molecule has 15 heavy (non-hydrogen) atoms. The van der Waals surface area contributed by atoms with Crippen LogP contribution in [0, 0.1) is 0 Å². The molecular formula is C10H12N2O3. The Morgan fingerprint density at radius 3 is 2.67 bits per heavy atom. The van der Waals surface area contributed by atoms with Gasteiger partial charge in [-0.05, 0) is 24.1 Å². The molecule has 1 aromatic heterocycles. The third-order valence-electron chi connectivity index (χ3n) is 1.82. The standard InChI is InChI=1S/C10H12N2O3/c1-15-10(14)9(13)12-7-4-8-2-5-11-6-3-8/h2-3,5-6H,4,7H2,1H3,(H,12,13). The Morgan fingerprint density at radius 2 is 2.07 bits per heavy atom. The quantitative estimate of drug-likeness (QED) is 0.557. The van der Waals surface area contributed by atoms with Crippen LogP contribution in [0.15, 0.2) is 24.5 Å². The SMILES string of the molecule is COC(=O)C(=O)NCCc1ccncc1. The summed E-state index contributed by atoms with van der Waals surface area (Å²) in [5.74, 6) is -1.59. The Balaban J connectivity index is 2.28. The predicted molar refractivity (Wildman–Crippen MR) is 53.0 cm³/mol. The van der Waals surface area contributed by atoms with Crippen molar-refractivity contribution in [2.24, 2.45) is 0 Å². The Morgan fingerprint density at radius 1 is 1.40 bits per heavy atom. The molecule has 0 unspecified atom stereocenters. The van der Waals surface area contributed by atoms with Gasteiger partial charge in [0.2, 0.25) is 0 Å². The summed E-state index contributed by atoms with van der Waals surface area (Å²) in [4.78, 5) is 25.5. The number of hydrogen-bond donors (Lipinski definition) is 1. The lowest BCUT2D eigenvalue weighted by molar-refractivity contribution is -0.152. The maximum absolute atomic E-state index is 11.0. The molecule has 1 N–H and O–H groups in total. The molecule has 0 aliphatic rings. The highest BCUT2D eigenvalue weighted by Crippen LogP contribution is 1.95. The molecule has 0 spiro atoms. The van der Waals surface area contributed by atoms with Crippen molar-refractivity contribution in [2.75, 3.05) is 13.7 Å². The van der Waals surface area contributed by atoms with Gasteiger partial charge < -0.3 is 10.1 Å². The number of amides is 1. The summed E-state index contributed by atoms with van der Waals surface area (Å²) >= 11 is 0. The van der Waals surface area contributed by atoms with Gasteiger partial charge in [-0.3, -0.25) is 9.78 Å². The van der Waals surface area contributed by atoms with Crippen LogP contribution < -0.4 is 5.32 Å². The highest BCUT2D eigenvalue weighted by atomic mass is 16.5. The highest BCUT2D eigenvalue weighted by Gasteiger charge is 2.11. The van der Waals surface area contributed by atoms with Crippen LogP contribution in [0.5, 0.6) is 0 Å². The van der Waals surface area contributed by atoms with Gasteiger partial charge in [-0.1, -0.05) is 0 Å². The van der Waals surface area contributed by atoms with Crippen molar-refractivity contribution in [3.63, 3.8) is 0 Å². The first kappa shape index (κ1) is 11.2. The van der Waals surface area contributed by atoms with Crippen molar-refractivity contribution >= 4 is 11.9 Å². The van der Waals surface area contributed by atoms with E-state index < -0.39 is 11.9 Å². The van der Waals surface area contributed by atoms with Gasteiger partial charge in [0.15, 0.2) is 0 Å². The zero-order valence-corrected chi connectivity index (χ0v) is 8.40. The number of nitrogens with one attached hydrogen (secondary N) is 1. The molecule has 0 radical (unpaired) electrons. The van der Waals surface area contributed by atoms with Crippen molar-refractivity contribution < 1.29 is 14.3 Å². The van der Waals surface area contributed by atoms with Crippen LogP contribution in [0.25, 0.3) is 0 Å². The fraction of sp³-hybridized carbons (Fsp3) is 0.300. The van der Waals surface area contributed by atoms with Crippen molar-refractivity contribution in [3.05, 3.63) is 30.1 Å². The fourth-order valence-electron chi connectivity index (χ4n) is 1.03. The molecule has 80 valence electrons. The number of esters is 1. The number of ether oxygens (including phenoxy) is 1. The second kappa shape index (κ2) is 5.74. The van der Waals surface area contributed by atoms with Crippen LogP contribution in [-0.2, 0) is 20.7 Å². The summed E-state index contributed by atoms with van der Waals surface area (Å²) in [6, 6.07) is 3.70. The lowest BCUT2D eigenvalue weighted by Crippen LogP contribution is -2.33. The van der Waals surface area contributed by atoms with E-state index in [0.29, 0.717) is 13.0 Å². The molecule has 0 aliphatic heterocycles. The molecule has 0 aliphatic carbocycles. The number of aromatic nitrogens is 1. The van der Waals surface area contributed by atoms with Gasteiger partial charge in [0.25, 0.3) is 0 Å². The zero-order chi connectivity index (χ0) is 11.1. The van der Waals surface area contributed by atoms with E-state index in [9.17, 15) is 9.59 Å². The van der Waals surface area contributed by atoms with Gasteiger partial charge in [0.05, 0.1) is 7.11 Å². The number of carbonyl (C=O) groups excluding carboxylic acids is 2. The fourth-order valence-corrected chi connectivity index (χ4v) is 1.03. The van der Waals surface area contributed by atoms with E-state index in [2.05, 4.69) is 15.0 Å². The van der Waals surface area contributed by atoms with Crippen molar-refractivity contribution in [1.29, 1.82) is 0 Å². The third kappa shape index (κ3) is 3.76. The summed E-state index contributed by atoms with van der Waals surface area (Å²) in [7, 11) is 1.17. The van der Waals surface area contributed by atoms with E-state index in [1.807, 2.05) is 12.1 Å². The van der Waals surface area contributed by atoms with E-state index in [1.54, 1.807) is 12.4 Å². The molecule has 5 nitrogen and oxygen atoms in total. The van der Waals surface area contributed by atoms with Crippen molar-refractivity contribution in [3.8, 4) is 0 Å². The third-order valence-corrected chi connectivity index (χ3v) is 1.82. The Bertz CT molecular complexity index is 338. The molecule has 1 rings (SSSR count). The van der Waals surface area contributed by atoms with Gasteiger partial charge in [0, 0.05) is 18.9 Å². The monoisotopic (exact) mass is 208 g/mol. The van der Waals surface area contributed by atoms with Crippen LogP contribution in [0.3, 0.4) is 0 Å². The zero-order valence-electron chi connectivity index (χ0n) is 8.40. The topological polar surface area (TPSA) is 68.3 Å². The number of carbonyl (C=O) groups is 2. The maximum Gasteiger partial charge on any atom is 0.396 e. The summed E-state index contributed by atoms with van der Waals surface area (Å²) < 4.78 is 4.25. The van der Waals surface area contributed by atoms with Crippen LogP contribution >= 0.6 is 0 Å². The van der Waals surface area contributed by atoms with E-state index in [0.717, 1.165) is 5.56 Å². The normalized spacial score (nSPS) is 9.40. The average molecular weight is 208 g/mol. The predicted octanol–water partition coefficient (Wildman–Crippen LogP) is -0.0867. The van der Waals surface area contributed by atoms with Gasteiger partial charge in [-0.15, -0.1) is 0 Å². The minimum atomic E-state index is -0.871. The molecule has 1 amide bonds. The molecule has 0 saturated heterocycles. The lowest BCUT2D eigenvalue weighted by Gasteiger charge is -2.03.